The van der Waals surface area contributed by atoms with Crippen LogP contribution < -0.4 is 15.8 Å². The Kier molecular flexibility index (Phi) is 5.44. The number of carbonyl (C=O) groups excluding carboxylic acids is 1. The Labute approximate surface area is 126 Å². The molecule has 0 radical (unpaired) electrons. The molecule has 3 N–H and O–H groups in total. The van der Waals surface area contributed by atoms with Gasteiger partial charge in [0.25, 0.3) is 5.91 Å². The summed E-state index contributed by atoms with van der Waals surface area (Å²) in [7, 11) is 3.70. The second kappa shape index (κ2) is 7.31. The second-order valence-electron chi connectivity index (χ2n) is 5.72. The number of hydrogen-bond donors (Lipinski definition) is 2. The number of nitrogens with two attached hydrogens (primary N) is 1. The first-order chi connectivity index (χ1) is 10.1. The molecule has 0 bridgehead atoms. The summed E-state index contributed by atoms with van der Waals surface area (Å²) < 4.78 is 5.21. The van der Waals surface area contributed by atoms with Gasteiger partial charge in [-0.1, -0.05) is 6.07 Å². The van der Waals surface area contributed by atoms with Crippen LogP contribution in [0.3, 0.4) is 0 Å². The maximum Gasteiger partial charge on any atom is 0.257 e. The summed E-state index contributed by atoms with van der Waals surface area (Å²) >= 11 is 0. The van der Waals surface area contributed by atoms with E-state index >= 15 is 0 Å². The van der Waals surface area contributed by atoms with Gasteiger partial charge in [-0.05, 0) is 57.5 Å². The van der Waals surface area contributed by atoms with E-state index in [0.29, 0.717) is 29.5 Å². The maximum atomic E-state index is 12.3. The van der Waals surface area contributed by atoms with Crippen LogP contribution in [0, 0.1) is 5.92 Å². The molecule has 5 heteroatoms. The van der Waals surface area contributed by atoms with Crippen molar-refractivity contribution in [2.75, 3.05) is 39.5 Å². The monoisotopic (exact) mass is 291 g/mol. The van der Waals surface area contributed by atoms with Crippen molar-refractivity contribution >= 4 is 11.6 Å². The van der Waals surface area contributed by atoms with Gasteiger partial charge in [0, 0.05) is 12.2 Å². The summed E-state index contributed by atoms with van der Waals surface area (Å²) in [6, 6.07) is 5.25. The fraction of sp³-hybridized carbons (Fsp3) is 0.562. The van der Waals surface area contributed by atoms with E-state index in [2.05, 4.69) is 17.3 Å². The molecule has 0 aromatic heterocycles. The van der Waals surface area contributed by atoms with Crippen LogP contribution in [0.25, 0.3) is 0 Å². The van der Waals surface area contributed by atoms with Crippen molar-refractivity contribution in [2.45, 2.75) is 19.3 Å². The summed E-state index contributed by atoms with van der Waals surface area (Å²) in [5.41, 5.74) is 6.77. The molecule has 1 aromatic rings. The number of methoxy groups -OCH3 is 1. The van der Waals surface area contributed by atoms with Crippen LogP contribution >= 0.6 is 0 Å². The van der Waals surface area contributed by atoms with Gasteiger partial charge in [0.2, 0.25) is 0 Å². The zero-order chi connectivity index (χ0) is 15.2. The summed E-state index contributed by atoms with van der Waals surface area (Å²) in [6.45, 7) is 2.99. The smallest absolute Gasteiger partial charge is 0.257 e. The van der Waals surface area contributed by atoms with Crippen molar-refractivity contribution < 1.29 is 9.53 Å². The lowest BCUT2D eigenvalue weighted by atomic mass is 9.94. The summed E-state index contributed by atoms with van der Waals surface area (Å²) in [5, 5.41) is 2.96. The van der Waals surface area contributed by atoms with E-state index in [-0.39, 0.29) is 5.91 Å². The normalized spacial score (nSPS) is 16.7. The third kappa shape index (κ3) is 4.11. The number of nitrogen functional groups attached to an aromatic ring is 1. The zero-order valence-electron chi connectivity index (χ0n) is 12.9. The lowest BCUT2D eigenvalue weighted by Gasteiger charge is -2.28. The molecule has 0 saturated carbocycles. The Bertz CT molecular complexity index is 482. The largest absolute Gasteiger partial charge is 0.496 e. The first-order valence-corrected chi connectivity index (χ1v) is 7.51. The lowest BCUT2D eigenvalue weighted by Crippen LogP contribution is -2.33. The highest BCUT2D eigenvalue weighted by Gasteiger charge is 2.18. The minimum Gasteiger partial charge on any atom is -0.496 e. The molecule has 1 fully saturated rings. The topological polar surface area (TPSA) is 67.6 Å². The molecule has 0 atom stereocenters. The Balaban J connectivity index is 1.85. The van der Waals surface area contributed by atoms with Crippen molar-refractivity contribution in [2.24, 2.45) is 5.92 Å². The average Bonchev–Trinajstić information content (AvgIpc) is 2.48. The Hall–Kier alpha value is -1.75. The molecule has 5 nitrogen and oxygen atoms in total. The molecule has 0 spiro atoms. The van der Waals surface area contributed by atoms with Gasteiger partial charge in [0.15, 0.2) is 0 Å². The summed E-state index contributed by atoms with van der Waals surface area (Å²) in [6.07, 6.45) is 3.45. The van der Waals surface area contributed by atoms with Gasteiger partial charge in [-0.2, -0.15) is 0 Å². The van der Waals surface area contributed by atoms with Gasteiger partial charge < -0.3 is 20.7 Å². The third-order valence-electron chi connectivity index (χ3n) is 4.18. The van der Waals surface area contributed by atoms with Crippen LogP contribution in [0.1, 0.15) is 29.6 Å². The van der Waals surface area contributed by atoms with Crippen molar-refractivity contribution in [3.63, 3.8) is 0 Å². The first-order valence-electron chi connectivity index (χ1n) is 7.51. The number of hydrogen-bond acceptors (Lipinski definition) is 4. The van der Waals surface area contributed by atoms with E-state index in [9.17, 15) is 4.79 Å². The van der Waals surface area contributed by atoms with Gasteiger partial charge in [-0.25, -0.2) is 0 Å². The number of anilines is 1. The van der Waals surface area contributed by atoms with Gasteiger partial charge in [-0.3, -0.25) is 4.79 Å². The Morgan fingerprint density at radius 3 is 2.81 bits per heavy atom. The molecule has 1 aliphatic rings. The van der Waals surface area contributed by atoms with Crippen LogP contribution in [0.2, 0.25) is 0 Å². The van der Waals surface area contributed by atoms with E-state index < -0.39 is 0 Å². The number of piperidine rings is 1. The average molecular weight is 291 g/mol. The molecule has 1 heterocycles. The number of carbonyl (C=O) groups is 1. The van der Waals surface area contributed by atoms with Gasteiger partial charge in [-0.15, -0.1) is 0 Å². The molecule has 1 saturated heterocycles. The van der Waals surface area contributed by atoms with E-state index in [1.807, 2.05) is 0 Å². The molecule has 2 rings (SSSR count). The van der Waals surface area contributed by atoms with Crippen LogP contribution in [0.15, 0.2) is 18.2 Å². The fourth-order valence-corrected chi connectivity index (χ4v) is 2.79. The van der Waals surface area contributed by atoms with Crippen LogP contribution in [0.4, 0.5) is 5.69 Å². The van der Waals surface area contributed by atoms with Gasteiger partial charge in [0.05, 0.1) is 7.11 Å². The minimum atomic E-state index is -0.155. The number of nitrogens with one attached hydrogen (secondary N) is 1. The molecular weight excluding hydrogens is 266 g/mol. The van der Waals surface area contributed by atoms with E-state index in [0.717, 1.165) is 19.5 Å². The molecule has 0 aliphatic carbocycles. The number of amides is 1. The zero-order valence-corrected chi connectivity index (χ0v) is 12.9. The highest BCUT2D eigenvalue weighted by Crippen LogP contribution is 2.24. The highest BCUT2D eigenvalue weighted by atomic mass is 16.5. The number of rotatable bonds is 5. The van der Waals surface area contributed by atoms with E-state index in [1.54, 1.807) is 25.3 Å². The predicted molar refractivity (Wildman–Crippen MR) is 84.6 cm³/mol. The standard InChI is InChI=1S/C16H25N3O2/c1-19-10-7-12(8-11-19)6-9-18-16(20)15-13(17)4-3-5-14(15)21-2/h3-5,12H,6-11,17H2,1-2H3,(H,18,20). The molecule has 1 amide bonds. The maximum absolute atomic E-state index is 12.3. The molecule has 1 aliphatic heterocycles. The molecule has 21 heavy (non-hydrogen) atoms. The summed E-state index contributed by atoms with van der Waals surface area (Å²) in [4.78, 5) is 14.6. The van der Waals surface area contributed by atoms with Crippen LogP contribution in [-0.2, 0) is 0 Å². The van der Waals surface area contributed by atoms with Crippen molar-refractivity contribution in [3.05, 3.63) is 23.8 Å². The van der Waals surface area contributed by atoms with Crippen LogP contribution in [0.5, 0.6) is 5.75 Å². The molecular formula is C16H25N3O2. The van der Waals surface area contributed by atoms with E-state index in [1.165, 1.54) is 12.8 Å². The number of ether oxygens (including phenoxy) is 1. The van der Waals surface area contributed by atoms with Gasteiger partial charge >= 0.3 is 0 Å². The number of nitrogens with zero attached hydrogens (tertiary/aromatic N) is 1. The minimum absolute atomic E-state index is 0.155. The molecule has 1 aromatic carbocycles. The third-order valence-corrected chi connectivity index (χ3v) is 4.18. The Morgan fingerprint density at radius 2 is 2.14 bits per heavy atom. The van der Waals surface area contributed by atoms with E-state index in [4.69, 9.17) is 10.5 Å². The van der Waals surface area contributed by atoms with Crippen molar-refractivity contribution in [3.8, 4) is 5.75 Å². The molecule has 116 valence electrons. The van der Waals surface area contributed by atoms with Gasteiger partial charge in [0.1, 0.15) is 11.3 Å². The fourth-order valence-electron chi connectivity index (χ4n) is 2.79. The molecule has 0 unspecified atom stereocenters. The number of benzene rings is 1. The van der Waals surface area contributed by atoms with Crippen molar-refractivity contribution in [1.29, 1.82) is 0 Å². The Morgan fingerprint density at radius 1 is 1.43 bits per heavy atom. The van der Waals surface area contributed by atoms with Crippen molar-refractivity contribution in [1.82, 2.24) is 10.2 Å². The van der Waals surface area contributed by atoms with Crippen LogP contribution in [-0.4, -0.2) is 44.6 Å². The SMILES string of the molecule is COc1cccc(N)c1C(=O)NCCC1CCN(C)CC1. The lowest BCUT2D eigenvalue weighted by molar-refractivity contribution is 0.0947. The predicted octanol–water partition coefficient (Wildman–Crippen LogP) is 1.74. The number of likely N-dealkylation sites (tertiary alicyclic amines) is 1. The quantitative estimate of drug-likeness (QED) is 0.811. The second-order valence-corrected chi connectivity index (χ2v) is 5.72. The summed E-state index contributed by atoms with van der Waals surface area (Å²) in [5.74, 6) is 1.07. The highest BCUT2D eigenvalue weighted by molar-refractivity contribution is 6.01. The first kappa shape index (κ1) is 15.6.